The van der Waals surface area contributed by atoms with E-state index in [4.69, 9.17) is 32.4 Å². The Morgan fingerprint density at radius 2 is 1.81 bits per heavy atom. The molecule has 8 heteroatoms. The number of amides is 2. The molecule has 6 nitrogen and oxygen atoms in total. The summed E-state index contributed by atoms with van der Waals surface area (Å²) in [6, 6.07) is 12.6. The molecule has 0 saturated carbocycles. The molecule has 2 amide bonds. The van der Waals surface area contributed by atoms with Gasteiger partial charge in [0.1, 0.15) is 5.75 Å². The van der Waals surface area contributed by atoms with Crippen LogP contribution in [0.15, 0.2) is 59.2 Å². The molecule has 0 fully saturated rings. The second kappa shape index (κ2) is 8.16. The van der Waals surface area contributed by atoms with Gasteiger partial charge in [0.05, 0.1) is 29.6 Å². The molecule has 1 heterocycles. The highest BCUT2D eigenvalue weighted by Gasteiger charge is 2.15. The predicted molar refractivity (Wildman–Crippen MR) is 104 cm³/mol. The van der Waals surface area contributed by atoms with Crippen LogP contribution in [0.1, 0.15) is 20.9 Å². The number of anilines is 2. The molecule has 0 aliphatic carbocycles. The van der Waals surface area contributed by atoms with Gasteiger partial charge >= 0.3 is 0 Å². The van der Waals surface area contributed by atoms with Crippen LogP contribution in [0, 0.1) is 0 Å². The van der Waals surface area contributed by atoms with E-state index < -0.39 is 11.8 Å². The first kappa shape index (κ1) is 18.8. The smallest absolute Gasteiger partial charge is 0.291 e. The molecule has 1 aromatic heterocycles. The number of carbonyl (C=O) groups excluding carboxylic acids is 2. The van der Waals surface area contributed by atoms with E-state index in [1.807, 2.05) is 0 Å². The number of ether oxygens (including phenoxy) is 1. The molecule has 138 valence electrons. The van der Waals surface area contributed by atoms with Crippen LogP contribution in [0.3, 0.4) is 0 Å². The summed E-state index contributed by atoms with van der Waals surface area (Å²) in [5.74, 6) is -0.276. The zero-order valence-electron chi connectivity index (χ0n) is 14.1. The summed E-state index contributed by atoms with van der Waals surface area (Å²) in [6.07, 6.45) is 1.40. The third kappa shape index (κ3) is 4.42. The predicted octanol–water partition coefficient (Wildman–Crippen LogP) is 5.10. The Morgan fingerprint density at radius 1 is 1.00 bits per heavy atom. The van der Waals surface area contributed by atoms with E-state index in [1.54, 1.807) is 30.3 Å². The van der Waals surface area contributed by atoms with Gasteiger partial charge in [0.2, 0.25) is 0 Å². The lowest BCUT2D eigenvalue weighted by atomic mass is 10.1. The summed E-state index contributed by atoms with van der Waals surface area (Å²) < 4.78 is 10.2. The number of halogens is 2. The Kier molecular flexibility index (Phi) is 5.69. The van der Waals surface area contributed by atoms with Gasteiger partial charge in [-0.25, -0.2) is 0 Å². The van der Waals surface area contributed by atoms with Crippen molar-refractivity contribution in [1.82, 2.24) is 0 Å². The summed E-state index contributed by atoms with van der Waals surface area (Å²) in [4.78, 5) is 24.5. The number of benzene rings is 2. The van der Waals surface area contributed by atoms with E-state index in [9.17, 15) is 9.59 Å². The maximum Gasteiger partial charge on any atom is 0.291 e. The first-order valence-corrected chi connectivity index (χ1v) is 8.53. The van der Waals surface area contributed by atoms with Gasteiger partial charge in [-0.2, -0.15) is 0 Å². The fraction of sp³-hybridized carbons (Fsp3) is 0.0526. The SMILES string of the molecule is COc1ccc(Cl)cc1C(=O)Nc1ccc(NC(=O)c2ccco2)c(Cl)c1. The molecular formula is C19H14Cl2N2O4. The lowest BCUT2D eigenvalue weighted by molar-refractivity contribution is 0.0994. The molecule has 0 saturated heterocycles. The number of hydrogen-bond acceptors (Lipinski definition) is 4. The molecule has 2 aromatic carbocycles. The molecule has 27 heavy (non-hydrogen) atoms. The zero-order chi connectivity index (χ0) is 19.4. The van der Waals surface area contributed by atoms with Gasteiger partial charge in [-0.1, -0.05) is 23.2 Å². The van der Waals surface area contributed by atoms with Crippen molar-refractivity contribution in [2.45, 2.75) is 0 Å². The van der Waals surface area contributed by atoms with Crippen LogP contribution < -0.4 is 15.4 Å². The molecule has 3 rings (SSSR count). The lowest BCUT2D eigenvalue weighted by Gasteiger charge is -2.11. The van der Waals surface area contributed by atoms with Gasteiger partial charge in [0, 0.05) is 10.7 Å². The van der Waals surface area contributed by atoms with E-state index in [1.165, 1.54) is 31.6 Å². The highest BCUT2D eigenvalue weighted by molar-refractivity contribution is 6.34. The van der Waals surface area contributed by atoms with Crippen molar-refractivity contribution in [2.75, 3.05) is 17.7 Å². The number of methoxy groups -OCH3 is 1. The molecule has 2 N–H and O–H groups in total. The van der Waals surface area contributed by atoms with Crippen molar-refractivity contribution in [1.29, 1.82) is 0 Å². The fourth-order valence-corrected chi connectivity index (χ4v) is 2.74. The van der Waals surface area contributed by atoms with Crippen LogP contribution in [0.25, 0.3) is 0 Å². The molecular weight excluding hydrogens is 391 g/mol. The topological polar surface area (TPSA) is 80.6 Å². The minimum atomic E-state index is -0.428. The van der Waals surface area contributed by atoms with E-state index in [-0.39, 0.29) is 16.3 Å². The van der Waals surface area contributed by atoms with Crippen molar-refractivity contribution < 1.29 is 18.7 Å². The van der Waals surface area contributed by atoms with E-state index in [0.717, 1.165) is 0 Å². The maximum atomic E-state index is 12.5. The van der Waals surface area contributed by atoms with Crippen molar-refractivity contribution in [3.63, 3.8) is 0 Å². The van der Waals surface area contributed by atoms with E-state index >= 15 is 0 Å². The Balaban J connectivity index is 1.75. The standard InChI is InChI=1S/C19H14Cl2N2O4/c1-26-16-7-4-11(20)9-13(16)18(24)22-12-5-6-15(14(21)10-12)23-19(25)17-3-2-8-27-17/h2-10H,1H3,(H,22,24)(H,23,25). The van der Waals surface area contributed by atoms with Crippen molar-refractivity contribution in [3.05, 3.63) is 76.2 Å². The molecule has 0 aliphatic heterocycles. The third-order valence-corrected chi connectivity index (χ3v) is 4.17. The largest absolute Gasteiger partial charge is 0.496 e. The monoisotopic (exact) mass is 404 g/mol. The Bertz CT molecular complexity index is 987. The Labute approximate surface area is 165 Å². The van der Waals surface area contributed by atoms with Gasteiger partial charge in [-0.15, -0.1) is 0 Å². The van der Waals surface area contributed by atoms with Gasteiger partial charge < -0.3 is 19.8 Å². The summed E-state index contributed by atoms with van der Waals surface area (Å²) in [5.41, 5.74) is 1.12. The average Bonchev–Trinajstić information content (AvgIpc) is 3.18. The second-order valence-electron chi connectivity index (χ2n) is 5.42. The second-order valence-corrected chi connectivity index (χ2v) is 6.27. The Morgan fingerprint density at radius 3 is 2.48 bits per heavy atom. The quantitative estimate of drug-likeness (QED) is 0.619. The summed E-state index contributed by atoms with van der Waals surface area (Å²) >= 11 is 12.2. The number of rotatable bonds is 5. The maximum absolute atomic E-state index is 12.5. The number of nitrogens with one attached hydrogen (secondary N) is 2. The molecule has 0 aliphatic rings. The highest BCUT2D eigenvalue weighted by atomic mass is 35.5. The molecule has 3 aromatic rings. The number of furan rings is 1. The van der Waals surface area contributed by atoms with Crippen molar-refractivity contribution in [3.8, 4) is 5.75 Å². The minimum absolute atomic E-state index is 0.163. The van der Waals surface area contributed by atoms with Crippen LogP contribution >= 0.6 is 23.2 Å². The summed E-state index contributed by atoms with van der Waals surface area (Å²) in [6.45, 7) is 0. The average molecular weight is 405 g/mol. The van der Waals surface area contributed by atoms with Crippen LogP contribution in [0.5, 0.6) is 5.75 Å². The van der Waals surface area contributed by atoms with Gasteiger partial charge in [-0.3, -0.25) is 9.59 Å². The first-order chi connectivity index (χ1) is 13.0. The molecule has 0 radical (unpaired) electrons. The van der Waals surface area contributed by atoms with Crippen molar-refractivity contribution in [2.24, 2.45) is 0 Å². The van der Waals surface area contributed by atoms with E-state index in [0.29, 0.717) is 22.1 Å². The highest BCUT2D eigenvalue weighted by Crippen LogP contribution is 2.28. The number of carbonyl (C=O) groups is 2. The van der Waals surface area contributed by atoms with Crippen LogP contribution in [-0.4, -0.2) is 18.9 Å². The van der Waals surface area contributed by atoms with Gasteiger partial charge in [-0.05, 0) is 48.5 Å². The van der Waals surface area contributed by atoms with Gasteiger partial charge in [0.15, 0.2) is 5.76 Å². The van der Waals surface area contributed by atoms with Crippen LogP contribution in [0.2, 0.25) is 10.0 Å². The molecule has 0 atom stereocenters. The van der Waals surface area contributed by atoms with Crippen molar-refractivity contribution >= 4 is 46.4 Å². The number of hydrogen-bond donors (Lipinski definition) is 2. The van der Waals surface area contributed by atoms with Crippen LogP contribution in [0.4, 0.5) is 11.4 Å². The summed E-state index contributed by atoms with van der Waals surface area (Å²) in [5, 5.41) is 6.02. The minimum Gasteiger partial charge on any atom is -0.496 e. The zero-order valence-corrected chi connectivity index (χ0v) is 15.6. The molecule has 0 spiro atoms. The first-order valence-electron chi connectivity index (χ1n) is 7.77. The molecule has 0 unspecified atom stereocenters. The molecule has 0 bridgehead atoms. The summed E-state index contributed by atoms with van der Waals surface area (Å²) in [7, 11) is 1.47. The lowest BCUT2D eigenvalue weighted by Crippen LogP contribution is -2.14. The van der Waals surface area contributed by atoms with Crippen LogP contribution in [-0.2, 0) is 0 Å². The fourth-order valence-electron chi connectivity index (χ4n) is 2.34. The Hall–Kier alpha value is -2.96. The normalized spacial score (nSPS) is 10.3. The van der Waals surface area contributed by atoms with Gasteiger partial charge in [0.25, 0.3) is 11.8 Å². The third-order valence-electron chi connectivity index (χ3n) is 3.63. The van der Waals surface area contributed by atoms with E-state index in [2.05, 4.69) is 10.6 Å².